The molecular formula is C18H17N3O3. The molecule has 0 radical (unpaired) electrons. The quantitative estimate of drug-likeness (QED) is 0.777. The number of hydrogen-bond acceptors (Lipinski definition) is 5. The van der Waals surface area contributed by atoms with Gasteiger partial charge in [-0.15, -0.1) is 0 Å². The third kappa shape index (κ3) is 3.27. The summed E-state index contributed by atoms with van der Waals surface area (Å²) in [6.45, 7) is 1.95. The predicted molar refractivity (Wildman–Crippen MR) is 90.1 cm³/mol. The van der Waals surface area contributed by atoms with E-state index in [9.17, 15) is 4.79 Å². The molecule has 0 atom stereocenters. The van der Waals surface area contributed by atoms with E-state index in [1.165, 1.54) is 0 Å². The molecule has 6 heteroatoms. The predicted octanol–water partition coefficient (Wildman–Crippen LogP) is 3.56. The Bertz CT molecular complexity index is 841. The van der Waals surface area contributed by atoms with E-state index in [4.69, 9.17) is 9.26 Å². The molecule has 3 aromatic rings. The molecule has 1 amide bonds. The maximum absolute atomic E-state index is 12.4. The molecule has 0 fully saturated rings. The van der Waals surface area contributed by atoms with Crippen molar-refractivity contribution in [3.8, 4) is 17.2 Å². The van der Waals surface area contributed by atoms with E-state index in [-0.39, 0.29) is 5.91 Å². The number of aromatic nitrogens is 2. The van der Waals surface area contributed by atoms with Crippen molar-refractivity contribution in [3.63, 3.8) is 0 Å². The van der Waals surface area contributed by atoms with Gasteiger partial charge in [-0.3, -0.25) is 4.79 Å². The maximum Gasteiger partial charge on any atom is 0.260 e. The lowest BCUT2D eigenvalue weighted by molar-refractivity contribution is 0.102. The summed E-state index contributed by atoms with van der Waals surface area (Å²) in [7, 11) is 1.58. The van der Waals surface area contributed by atoms with E-state index in [1.54, 1.807) is 37.4 Å². The number of amides is 1. The number of ether oxygens (including phenoxy) is 1. The lowest BCUT2D eigenvalue weighted by Gasteiger charge is -2.09. The first-order chi connectivity index (χ1) is 11.7. The van der Waals surface area contributed by atoms with Crippen LogP contribution in [-0.4, -0.2) is 23.2 Å². The summed E-state index contributed by atoms with van der Waals surface area (Å²) in [4.78, 5) is 16.8. The second kappa shape index (κ2) is 6.95. The zero-order valence-electron chi connectivity index (χ0n) is 13.4. The van der Waals surface area contributed by atoms with Crippen LogP contribution in [0.2, 0.25) is 0 Å². The van der Waals surface area contributed by atoms with Crippen molar-refractivity contribution < 1.29 is 14.1 Å². The smallest absolute Gasteiger partial charge is 0.260 e. The van der Waals surface area contributed by atoms with E-state index in [0.29, 0.717) is 40.7 Å². The van der Waals surface area contributed by atoms with Crippen molar-refractivity contribution >= 4 is 11.6 Å². The molecule has 0 aliphatic carbocycles. The van der Waals surface area contributed by atoms with Crippen LogP contribution in [0.5, 0.6) is 5.75 Å². The Morgan fingerprint density at radius 1 is 1.17 bits per heavy atom. The van der Waals surface area contributed by atoms with Gasteiger partial charge in [0.2, 0.25) is 0 Å². The van der Waals surface area contributed by atoms with Crippen LogP contribution in [0.1, 0.15) is 23.1 Å². The third-order valence-electron chi connectivity index (χ3n) is 3.54. The Morgan fingerprint density at radius 2 is 1.92 bits per heavy atom. The molecule has 1 heterocycles. The van der Waals surface area contributed by atoms with Crippen molar-refractivity contribution in [1.29, 1.82) is 0 Å². The van der Waals surface area contributed by atoms with Gasteiger partial charge in [-0.05, 0) is 36.4 Å². The number of aryl methyl sites for hydroxylation is 1. The number of anilines is 1. The monoisotopic (exact) mass is 323 g/mol. The Morgan fingerprint density at radius 3 is 2.58 bits per heavy atom. The molecule has 0 bridgehead atoms. The molecule has 1 aromatic heterocycles. The molecule has 122 valence electrons. The fourth-order valence-corrected chi connectivity index (χ4v) is 2.22. The van der Waals surface area contributed by atoms with Crippen molar-refractivity contribution in [3.05, 3.63) is 59.9 Å². The summed E-state index contributed by atoms with van der Waals surface area (Å²) in [6, 6.07) is 14.2. The number of benzene rings is 2. The van der Waals surface area contributed by atoms with Crippen LogP contribution in [0.4, 0.5) is 5.69 Å². The zero-order valence-corrected chi connectivity index (χ0v) is 13.4. The van der Waals surface area contributed by atoms with Crippen LogP contribution in [0.15, 0.2) is 53.1 Å². The molecular weight excluding hydrogens is 306 g/mol. The maximum atomic E-state index is 12.4. The van der Waals surface area contributed by atoms with E-state index < -0.39 is 0 Å². The van der Waals surface area contributed by atoms with Gasteiger partial charge in [-0.1, -0.05) is 24.2 Å². The Hall–Kier alpha value is -3.15. The SMILES string of the molecule is CCc1noc(-c2ccccc2NC(=O)c2ccc(OC)cc2)n1. The molecule has 0 saturated heterocycles. The van der Waals surface area contributed by atoms with Gasteiger partial charge in [0.25, 0.3) is 11.8 Å². The van der Waals surface area contributed by atoms with Crippen molar-refractivity contribution in [2.75, 3.05) is 12.4 Å². The number of carbonyl (C=O) groups is 1. The molecule has 6 nitrogen and oxygen atoms in total. The van der Waals surface area contributed by atoms with Crippen LogP contribution in [0.25, 0.3) is 11.5 Å². The highest BCUT2D eigenvalue weighted by Gasteiger charge is 2.14. The highest BCUT2D eigenvalue weighted by molar-refractivity contribution is 6.06. The lowest BCUT2D eigenvalue weighted by atomic mass is 10.1. The minimum atomic E-state index is -0.222. The normalized spacial score (nSPS) is 10.4. The summed E-state index contributed by atoms with van der Waals surface area (Å²) in [5.41, 5.74) is 1.83. The number of rotatable bonds is 5. The molecule has 3 rings (SSSR count). The number of nitrogens with one attached hydrogen (secondary N) is 1. The Kier molecular flexibility index (Phi) is 4.56. The molecule has 0 aliphatic heterocycles. The number of methoxy groups -OCH3 is 1. The average Bonchev–Trinajstić information content (AvgIpc) is 3.11. The van der Waals surface area contributed by atoms with Gasteiger partial charge in [0.15, 0.2) is 5.82 Å². The third-order valence-corrected chi connectivity index (χ3v) is 3.54. The first-order valence-electron chi connectivity index (χ1n) is 7.58. The summed E-state index contributed by atoms with van der Waals surface area (Å²) in [5.74, 6) is 1.49. The fraction of sp³-hybridized carbons (Fsp3) is 0.167. The first kappa shape index (κ1) is 15.7. The van der Waals surface area contributed by atoms with E-state index in [2.05, 4.69) is 15.5 Å². The largest absolute Gasteiger partial charge is 0.497 e. The van der Waals surface area contributed by atoms with Crippen LogP contribution in [-0.2, 0) is 6.42 Å². The molecule has 0 unspecified atom stereocenters. The van der Waals surface area contributed by atoms with E-state index >= 15 is 0 Å². The van der Waals surface area contributed by atoms with Gasteiger partial charge in [0.05, 0.1) is 18.4 Å². The topological polar surface area (TPSA) is 77.2 Å². The van der Waals surface area contributed by atoms with Crippen LogP contribution >= 0.6 is 0 Å². The number of carbonyl (C=O) groups excluding carboxylic acids is 1. The van der Waals surface area contributed by atoms with Crippen molar-refractivity contribution in [2.45, 2.75) is 13.3 Å². The summed E-state index contributed by atoms with van der Waals surface area (Å²) < 4.78 is 10.4. The molecule has 0 saturated carbocycles. The van der Waals surface area contributed by atoms with Crippen LogP contribution in [0, 0.1) is 0 Å². The Labute approximate surface area is 139 Å². The second-order valence-corrected chi connectivity index (χ2v) is 5.10. The van der Waals surface area contributed by atoms with Gasteiger partial charge >= 0.3 is 0 Å². The second-order valence-electron chi connectivity index (χ2n) is 5.10. The Balaban J connectivity index is 1.85. The molecule has 1 N–H and O–H groups in total. The number of nitrogens with zero attached hydrogens (tertiary/aromatic N) is 2. The summed E-state index contributed by atoms with van der Waals surface area (Å²) in [6.07, 6.45) is 0.684. The molecule has 0 spiro atoms. The van der Waals surface area contributed by atoms with Crippen LogP contribution in [0.3, 0.4) is 0 Å². The molecule has 24 heavy (non-hydrogen) atoms. The average molecular weight is 323 g/mol. The lowest BCUT2D eigenvalue weighted by Crippen LogP contribution is -2.12. The minimum absolute atomic E-state index is 0.222. The number of para-hydroxylation sites is 1. The van der Waals surface area contributed by atoms with Gasteiger partial charge in [-0.25, -0.2) is 0 Å². The van der Waals surface area contributed by atoms with Crippen molar-refractivity contribution in [1.82, 2.24) is 10.1 Å². The highest BCUT2D eigenvalue weighted by atomic mass is 16.5. The standard InChI is InChI=1S/C18H17N3O3/c1-3-16-20-18(24-21-16)14-6-4-5-7-15(14)19-17(22)12-8-10-13(23-2)11-9-12/h4-11H,3H2,1-2H3,(H,19,22). The van der Waals surface area contributed by atoms with Crippen LogP contribution < -0.4 is 10.1 Å². The molecule has 2 aromatic carbocycles. The fourth-order valence-electron chi connectivity index (χ4n) is 2.22. The van der Waals surface area contributed by atoms with Gasteiger partial charge in [0, 0.05) is 12.0 Å². The van der Waals surface area contributed by atoms with E-state index in [1.807, 2.05) is 25.1 Å². The first-order valence-corrected chi connectivity index (χ1v) is 7.58. The zero-order chi connectivity index (χ0) is 16.9. The summed E-state index contributed by atoms with van der Waals surface area (Å²) >= 11 is 0. The summed E-state index contributed by atoms with van der Waals surface area (Å²) in [5, 5.41) is 6.78. The number of hydrogen-bond donors (Lipinski definition) is 1. The van der Waals surface area contributed by atoms with E-state index in [0.717, 1.165) is 0 Å². The van der Waals surface area contributed by atoms with Crippen molar-refractivity contribution in [2.24, 2.45) is 0 Å². The minimum Gasteiger partial charge on any atom is -0.497 e. The highest BCUT2D eigenvalue weighted by Crippen LogP contribution is 2.27. The van der Waals surface area contributed by atoms with Gasteiger partial charge in [0.1, 0.15) is 5.75 Å². The van der Waals surface area contributed by atoms with Gasteiger partial charge < -0.3 is 14.6 Å². The molecule has 0 aliphatic rings. The van der Waals surface area contributed by atoms with Gasteiger partial charge in [-0.2, -0.15) is 4.98 Å².